The second kappa shape index (κ2) is 5.74. The third kappa shape index (κ3) is 2.86. The molecule has 0 saturated carbocycles. The molecule has 0 bridgehead atoms. The normalized spacial score (nSPS) is 10.5. The van der Waals surface area contributed by atoms with Gasteiger partial charge in [0.25, 0.3) is 5.91 Å². The lowest BCUT2D eigenvalue weighted by atomic mass is 10.1. The van der Waals surface area contributed by atoms with E-state index in [0.717, 1.165) is 6.33 Å². The van der Waals surface area contributed by atoms with Gasteiger partial charge in [-0.05, 0) is 6.07 Å². The van der Waals surface area contributed by atoms with Crippen LogP contribution >= 0.6 is 23.2 Å². The summed E-state index contributed by atoms with van der Waals surface area (Å²) in [5.74, 6) is -8.09. The van der Waals surface area contributed by atoms with E-state index in [9.17, 15) is 18.0 Å². The van der Waals surface area contributed by atoms with Crippen LogP contribution in [0.4, 0.5) is 19.0 Å². The number of halogens is 5. The number of hydrogen-bond acceptors (Lipinski definition) is 4. The monoisotopic (exact) mass is 337 g/mol. The standard InChI is InChI=1S/C11H4Cl2F3N3O2/c12-5-9(13)17-2-18-10(5)19-11(21)3-1-4(14)7(16)8(20)6(3)15/h1-2,20H,(H,17,18,19,21). The summed E-state index contributed by atoms with van der Waals surface area (Å²) in [6.45, 7) is 0. The fourth-order valence-corrected chi connectivity index (χ4v) is 1.64. The van der Waals surface area contributed by atoms with Crippen molar-refractivity contribution in [3.05, 3.63) is 45.6 Å². The molecule has 1 aromatic carbocycles. The van der Waals surface area contributed by atoms with Gasteiger partial charge in [-0.3, -0.25) is 4.79 Å². The molecule has 0 unspecified atom stereocenters. The molecule has 2 aromatic rings. The van der Waals surface area contributed by atoms with Gasteiger partial charge in [0, 0.05) is 0 Å². The number of anilines is 1. The Morgan fingerprint density at radius 1 is 1.19 bits per heavy atom. The molecule has 10 heteroatoms. The zero-order valence-electron chi connectivity index (χ0n) is 9.79. The first-order valence-corrected chi connectivity index (χ1v) is 5.92. The lowest BCUT2D eigenvalue weighted by Gasteiger charge is -2.08. The summed E-state index contributed by atoms with van der Waals surface area (Å²) in [5, 5.41) is 10.7. The number of carbonyl (C=O) groups is 1. The topological polar surface area (TPSA) is 75.1 Å². The molecule has 5 nitrogen and oxygen atoms in total. The molecule has 0 spiro atoms. The van der Waals surface area contributed by atoms with Crippen molar-refractivity contribution in [2.45, 2.75) is 0 Å². The summed E-state index contributed by atoms with van der Waals surface area (Å²) < 4.78 is 39.6. The van der Waals surface area contributed by atoms with Crippen LogP contribution in [0.3, 0.4) is 0 Å². The Hall–Kier alpha value is -2.06. The van der Waals surface area contributed by atoms with Crippen molar-refractivity contribution < 1.29 is 23.1 Å². The third-order valence-electron chi connectivity index (χ3n) is 2.36. The van der Waals surface area contributed by atoms with E-state index >= 15 is 0 Å². The van der Waals surface area contributed by atoms with Gasteiger partial charge < -0.3 is 10.4 Å². The minimum atomic E-state index is -1.80. The average molecular weight is 338 g/mol. The SMILES string of the molecule is O=C(Nc1ncnc(Cl)c1Cl)c1cc(F)c(F)c(O)c1F. The zero-order valence-corrected chi connectivity index (χ0v) is 11.3. The molecule has 1 aromatic heterocycles. The molecule has 0 radical (unpaired) electrons. The van der Waals surface area contributed by atoms with E-state index in [2.05, 4.69) is 9.97 Å². The predicted molar refractivity (Wildman–Crippen MR) is 68.0 cm³/mol. The minimum Gasteiger partial charge on any atom is -0.503 e. The molecule has 1 heterocycles. The van der Waals surface area contributed by atoms with Crippen LogP contribution in [-0.2, 0) is 0 Å². The van der Waals surface area contributed by atoms with Crippen LogP contribution in [0.25, 0.3) is 0 Å². The summed E-state index contributed by atoms with van der Waals surface area (Å²) >= 11 is 11.3. The van der Waals surface area contributed by atoms with E-state index in [1.54, 1.807) is 0 Å². The van der Waals surface area contributed by atoms with Crippen molar-refractivity contribution in [1.82, 2.24) is 9.97 Å². The Kier molecular flexibility index (Phi) is 4.19. The van der Waals surface area contributed by atoms with Crippen LogP contribution < -0.4 is 5.32 Å². The Balaban J connectivity index is 2.40. The number of amides is 1. The predicted octanol–water partition coefficient (Wildman–Crippen LogP) is 3.16. The van der Waals surface area contributed by atoms with Crippen LogP contribution in [0.15, 0.2) is 12.4 Å². The number of nitrogens with one attached hydrogen (secondary N) is 1. The number of carbonyl (C=O) groups excluding carboxylic acids is 1. The van der Waals surface area contributed by atoms with Crippen LogP contribution in [0.5, 0.6) is 5.75 Å². The Labute approximate surface area is 125 Å². The van der Waals surface area contributed by atoms with E-state index in [1.807, 2.05) is 5.32 Å². The summed E-state index contributed by atoms with van der Waals surface area (Å²) in [5.41, 5.74) is -0.933. The quantitative estimate of drug-likeness (QED) is 0.652. The maximum atomic E-state index is 13.6. The van der Waals surface area contributed by atoms with E-state index in [-0.39, 0.29) is 22.1 Å². The first-order chi connectivity index (χ1) is 9.82. The second-order valence-electron chi connectivity index (χ2n) is 3.66. The van der Waals surface area contributed by atoms with Gasteiger partial charge in [-0.2, -0.15) is 4.39 Å². The number of aromatic hydroxyl groups is 1. The smallest absolute Gasteiger partial charge is 0.260 e. The van der Waals surface area contributed by atoms with Gasteiger partial charge >= 0.3 is 0 Å². The minimum absolute atomic E-state index is 0.171. The van der Waals surface area contributed by atoms with E-state index in [1.165, 1.54) is 0 Å². The van der Waals surface area contributed by atoms with E-state index in [0.29, 0.717) is 0 Å². The number of phenolic OH excluding ortho intramolecular Hbond substituents is 1. The molecule has 0 aliphatic heterocycles. The first kappa shape index (κ1) is 15.3. The molecule has 2 N–H and O–H groups in total. The summed E-state index contributed by atoms with van der Waals surface area (Å²) in [6, 6.07) is 0.288. The fourth-order valence-electron chi connectivity index (χ4n) is 1.37. The molecule has 2 rings (SSSR count). The number of rotatable bonds is 2. The Morgan fingerprint density at radius 2 is 1.86 bits per heavy atom. The van der Waals surface area contributed by atoms with Crippen molar-refractivity contribution in [1.29, 1.82) is 0 Å². The van der Waals surface area contributed by atoms with Gasteiger partial charge in [-0.25, -0.2) is 18.7 Å². The van der Waals surface area contributed by atoms with Gasteiger partial charge in [0.15, 0.2) is 28.4 Å². The number of phenols is 1. The molecule has 1 amide bonds. The lowest BCUT2D eigenvalue weighted by molar-refractivity contribution is 0.102. The van der Waals surface area contributed by atoms with Crippen molar-refractivity contribution >= 4 is 34.9 Å². The summed E-state index contributed by atoms with van der Waals surface area (Å²) in [6.07, 6.45) is 0.975. The highest BCUT2D eigenvalue weighted by molar-refractivity contribution is 6.43. The maximum absolute atomic E-state index is 13.6. The van der Waals surface area contributed by atoms with Crippen molar-refractivity contribution in [3.63, 3.8) is 0 Å². The van der Waals surface area contributed by atoms with Gasteiger partial charge in [-0.1, -0.05) is 23.2 Å². The fraction of sp³-hybridized carbons (Fsp3) is 0. The molecule has 0 fully saturated rings. The summed E-state index contributed by atoms with van der Waals surface area (Å²) in [4.78, 5) is 18.9. The molecule has 110 valence electrons. The molecular weight excluding hydrogens is 334 g/mol. The molecule has 0 aliphatic carbocycles. The van der Waals surface area contributed by atoms with Crippen LogP contribution in [0, 0.1) is 17.5 Å². The molecular formula is C11H4Cl2F3N3O2. The van der Waals surface area contributed by atoms with E-state index in [4.69, 9.17) is 28.3 Å². The number of nitrogens with zero attached hydrogens (tertiary/aromatic N) is 2. The zero-order chi connectivity index (χ0) is 15.7. The van der Waals surface area contributed by atoms with Crippen molar-refractivity contribution in [2.24, 2.45) is 0 Å². The van der Waals surface area contributed by atoms with Gasteiger partial charge in [0.05, 0.1) is 5.56 Å². The molecule has 0 atom stereocenters. The second-order valence-corrected chi connectivity index (χ2v) is 4.40. The third-order valence-corrected chi connectivity index (χ3v) is 3.10. The Morgan fingerprint density at radius 3 is 2.52 bits per heavy atom. The first-order valence-electron chi connectivity index (χ1n) is 5.16. The maximum Gasteiger partial charge on any atom is 0.260 e. The lowest BCUT2D eigenvalue weighted by Crippen LogP contribution is -2.16. The van der Waals surface area contributed by atoms with Crippen LogP contribution in [0.1, 0.15) is 10.4 Å². The number of benzene rings is 1. The highest BCUT2D eigenvalue weighted by Gasteiger charge is 2.23. The number of hydrogen-bond donors (Lipinski definition) is 2. The molecule has 0 aliphatic rings. The average Bonchev–Trinajstić information content (AvgIpc) is 2.45. The van der Waals surface area contributed by atoms with Crippen molar-refractivity contribution in [3.8, 4) is 5.75 Å². The Bertz CT molecular complexity index is 743. The van der Waals surface area contributed by atoms with Gasteiger partial charge in [0.1, 0.15) is 11.3 Å². The van der Waals surface area contributed by atoms with Gasteiger partial charge in [-0.15, -0.1) is 0 Å². The molecule has 21 heavy (non-hydrogen) atoms. The van der Waals surface area contributed by atoms with E-state index < -0.39 is 34.7 Å². The number of aromatic nitrogens is 2. The molecule has 0 saturated heterocycles. The largest absolute Gasteiger partial charge is 0.503 e. The van der Waals surface area contributed by atoms with Crippen LogP contribution in [0.2, 0.25) is 10.2 Å². The van der Waals surface area contributed by atoms with Crippen LogP contribution in [-0.4, -0.2) is 21.0 Å². The summed E-state index contributed by atoms with van der Waals surface area (Å²) in [7, 11) is 0. The van der Waals surface area contributed by atoms with Crippen molar-refractivity contribution in [2.75, 3.05) is 5.32 Å². The van der Waals surface area contributed by atoms with Gasteiger partial charge in [0.2, 0.25) is 5.82 Å². The highest BCUT2D eigenvalue weighted by Crippen LogP contribution is 2.28. The highest BCUT2D eigenvalue weighted by atomic mass is 35.5.